The van der Waals surface area contributed by atoms with E-state index in [4.69, 9.17) is 0 Å². The van der Waals surface area contributed by atoms with Gasteiger partial charge in [0.1, 0.15) is 0 Å². The van der Waals surface area contributed by atoms with Crippen molar-refractivity contribution in [2.45, 2.75) is 32.6 Å². The normalized spacial score (nSPS) is 26.5. The SMILES string of the molecule is CNCN1CCC(CN2CCC(C)CC2)CC1. The summed E-state index contributed by atoms with van der Waals surface area (Å²) >= 11 is 0. The zero-order chi connectivity index (χ0) is 12.1. The first-order valence-corrected chi connectivity index (χ1v) is 7.37. The minimum absolute atomic E-state index is 0.955. The third-order valence-corrected chi connectivity index (χ3v) is 4.48. The molecule has 1 N–H and O–H groups in total. The second-order valence-corrected chi connectivity index (χ2v) is 6.06. The van der Waals surface area contributed by atoms with Gasteiger partial charge in [0.05, 0.1) is 0 Å². The first-order chi connectivity index (χ1) is 8.28. The lowest BCUT2D eigenvalue weighted by Crippen LogP contribution is -2.43. The van der Waals surface area contributed by atoms with Gasteiger partial charge in [-0.1, -0.05) is 6.92 Å². The zero-order valence-corrected chi connectivity index (χ0v) is 11.6. The highest BCUT2D eigenvalue weighted by Crippen LogP contribution is 2.21. The van der Waals surface area contributed by atoms with Crippen molar-refractivity contribution in [3.8, 4) is 0 Å². The maximum atomic E-state index is 3.25. The Morgan fingerprint density at radius 3 is 2.12 bits per heavy atom. The van der Waals surface area contributed by atoms with E-state index in [1.165, 1.54) is 58.4 Å². The Morgan fingerprint density at radius 1 is 0.941 bits per heavy atom. The number of hydrogen-bond donors (Lipinski definition) is 1. The Hall–Kier alpha value is -0.120. The first-order valence-electron chi connectivity index (χ1n) is 7.37. The summed E-state index contributed by atoms with van der Waals surface area (Å²) in [4.78, 5) is 5.24. The molecule has 0 bridgehead atoms. The molecule has 2 saturated heterocycles. The van der Waals surface area contributed by atoms with Gasteiger partial charge in [-0.05, 0) is 70.7 Å². The average Bonchev–Trinajstić information content (AvgIpc) is 2.35. The second-order valence-electron chi connectivity index (χ2n) is 6.06. The predicted octanol–water partition coefficient (Wildman–Crippen LogP) is 1.61. The summed E-state index contributed by atoms with van der Waals surface area (Å²) in [6.45, 7) is 10.1. The van der Waals surface area contributed by atoms with Crippen LogP contribution in [0, 0.1) is 11.8 Å². The molecule has 3 heteroatoms. The van der Waals surface area contributed by atoms with E-state index in [2.05, 4.69) is 22.0 Å². The summed E-state index contributed by atoms with van der Waals surface area (Å²) < 4.78 is 0. The Morgan fingerprint density at radius 2 is 1.53 bits per heavy atom. The van der Waals surface area contributed by atoms with E-state index in [-0.39, 0.29) is 0 Å². The molecule has 3 nitrogen and oxygen atoms in total. The van der Waals surface area contributed by atoms with Gasteiger partial charge in [0.15, 0.2) is 0 Å². The molecule has 0 amide bonds. The maximum absolute atomic E-state index is 3.25. The van der Waals surface area contributed by atoms with Gasteiger partial charge in [-0.3, -0.25) is 4.90 Å². The van der Waals surface area contributed by atoms with Crippen LogP contribution < -0.4 is 5.32 Å². The van der Waals surface area contributed by atoms with Gasteiger partial charge in [0.25, 0.3) is 0 Å². The van der Waals surface area contributed by atoms with E-state index in [9.17, 15) is 0 Å². The van der Waals surface area contributed by atoms with Crippen LogP contribution in [0.2, 0.25) is 0 Å². The molecular weight excluding hydrogens is 210 g/mol. The maximum Gasteiger partial charge on any atom is 0.0477 e. The van der Waals surface area contributed by atoms with E-state index < -0.39 is 0 Å². The van der Waals surface area contributed by atoms with Crippen molar-refractivity contribution in [3.63, 3.8) is 0 Å². The lowest BCUT2D eigenvalue weighted by Gasteiger charge is -2.37. The quantitative estimate of drug-likeness (QED) is 0.804. The van der Waals surface area contributed by atoms with Crippen LogP contribution in [0.25, 0.3) is 0 Å². The van der Waals surface area contributed by atoms with Crippen molar-refractivity contribution < 1.29 is 0 Å². The molecule has 0 radical (unpaired) electrons. The molecule has 2 fully saturated rings. The van der Waals surface area contributed by atoms with E-state index in [0.29, 0.717) is 0 Å². The highest BCUT2D eigenvalue weighted by Gasteiger charge is 2.23. The Kier molecular flexibility index (Phi) is 5.26. The van der Waals surface area contributed by atoms with Crippen molar-refractivity contribution in [1.82, 2.24) is 15.1 Å². The minimum Gasteiger partial charge on any atom is -0.307 e. The molecule has 0 saturated carbocycles. The third kappa shape index (κ3) is 4.23. The monoisotopic (exact) mass is 239 g/mol. The van der Waals surface area contributed by atoms with Crippen LogP contribution in [0.15, 0.2) is 0 Å². The van der Waals surface area contributed by atoms with Crippen LogP contribution in [0.5, 0.6) is 0 Å². The molecule has 0 atom stereocenters. The number of piperidine rings is 2. The average molecular weight is 239 g/mol. The molecule has 17 heavy (non-hydrogen) atoms. The summed E-state index contributed by atoms with van der Waals surface area (Å²) in [7, 11) is 2.04. The summed E-state index contributed by atoms with van der Waals surface area (Å²) in [6, 6.07) is 0. The Balaban J connectivity index is 1.64. The molecular formula is C14H29N3. The molecule has 0 aromatic heterocycles. The van der Waals surface area contributed by atoms with Crippen LogP contribution in [0.4, 0.5) is 0 Å². The van der Waals surface area contributed by atoms with Crippen molar-refractivity contribution in [1.29, 1.82) is 0 Å². The fourth-order valence-electron chi connectivity index (χ4n) is 3.16. The lowest BCUT2D eigenvalue weighted by atomic mass is 9.93. The van der Waals surface area contributed by atoms with Crippen LogP contribution in [0.3, 0.4) is 0 Å². The van der Waals surface area contributed by atoms with Crippen LogP contribution >= 0.6 is 0 Å². The fourth-order valence-corrected chi connectivity index (χ4v) is 3.16. The zero-order valence-electron chi connectivity index (χ0n) is 11.6. The van der Waals surface area contributed by atoms with Crippen LogP contribution in [-0.2, 0) is 0 Å². The number of nitrogens with zero attached hydrogens (tertiary/aromatic N) is 2. The van der Waals surface area contributed by atoms with Crippen molar-refractivity contribution in [2.75, 3.05) is 46.4 Å². The first kappa shape index (κ1) is 13.3. The van der Waals surface area contributed by atoms with Gasteiger partial charge in [-0.2, -0.15) is 0 Å². The van der Waals surface area contributed by atoms with Crippen molar-refractivity contribution in [2.24, 2.45) is 11.8 Å². The highest BCUT2D eigenvalue weighted by molar-refractivity contribution is 4.77. The van der Waals surface area contributed by atoms with Crippen LogP contribution in [0.1, 0.15) is 32.6 Å². The van der Waals surface area contributed by atoms with Crippen molar-refractivity contribution >= 4 is 0 Å². The van der Waals surface area contributed by atoms with E-state index >= 15 is 0 Å². The number of hydrogen-bond acceptors (Lipinski definition) is 3. The summed E-state index contributed by atoms with van der Waals surface area (Å²) in [6.07, 6.45) is 5.62. The lowest BCUT2D eigenvalue weighted by molar-refractivity contribution is 0.118. The van der Waals surface area contributed by atoms with E-state index in [1.54, 1.807) is 0 Å². The molecule has 2 aliphatic heterocycles. The predicted molar refractivity (Wildman–Crippen MR) is 73.1 cm³/mol. The molecule has 2 heterocycles. The Bertz CT molecular complexity index is 204. The van der Waals surface area contributed by atoms with Gasteiger partial charge in [0.2, 0.25) is 0 Å². The standard InChI is InChI=1S/C14H29N3/c1-13-3-7-16(8-4-13)11-14-5-9-17(10-6-14)12-15-2/h13-15H,3-12H2,1-2H3. The van der Waals surface area contributed by atoms with E-state index in [1.807, 2.05) is 7.05 Å². The molecule has 2 rings (SSSR count). The van der Waals surface area contributed by atoms with Crippen molar-refractivity contribution in [3.05, 3.63) is 0 Å². The number of nitrogens with one attached hydrogen (secondary N) is 1. The minimum atomic E-state index is 0.955. The molecule has 0 aliphatic carbocycles. The topological polar surface area (TPSA) is 18.5 Å². The summed E-state index contributed by atoms with van der Waals surface area (Å²) in [5, 5.41) is 3.25. The highest BCUT2D eigenvalue weighted by atomic mass is 15.2. The molecule has 0 aromatic carbocycles. The van der Waals surface area contributed by atoms with Gasteiger partial charge in [0, 0.05) is 13.2 Å². The number of likely N-dealkylation sites (tertiary alicyclic amines) is 2. The largest absolute Gasteiger partial charge is 0.307 e. The molecule has 0 unspecified atom stereocenters. The van der Waals surface area contributed by atoms with Gasteiger partial charge >= 0.3 is 0 Å². The van der Waals surface area contributed by atoms with Gasteiger partial charge in [-0.25, -0.2) is 0 Å². The summed E-state index contributed by atoms with van der Waals surface area (Å²) in [5.41, 5.74) is 0. The third-order valence-electron chi connectivity index (χ3n) is 4.48. The number of rotatable bonds is 4. The molecule has 0 spiro atoms. The van der Waals surface area contributed by atoms with E-state index in [0.717, 1.165) is 18.5 Å². The summed E-state index contributed by atoms with van der Waals surface area (Å²) in [5.74, 6) is 1.92. The van der Waals surface area contributed by atoms with Gasteiger partial charge < -0.3 is 10.2 Å². The fraction of sp³-hybridized carbons (Fsp3) is 1.00. The molecule has 2 aliphatic rings. The molecule has 100 valence electrons. The van der Waals surface area contributed by atoms with Crippen LogP contribution in [-0.4, -0.2) is 56.2 Å². The Labute approximate surface area is 107 Å². The smallest absolute Gasteiger partial charge is 0.0477 e. The van der Waals surface area contributed by atoms with Gasteiger partial charge in [-0.15, -0.1) is 0 Å². The second kappa shape index (κ2) is 6.72. The molecule has 0 aromatic rings.